The lowest BCUT2D eigenvalue weighted by atomic mass is 9.95. The third-order valence-electron chi connectivity index (χ3n) is 4.07. The summed E-state index contributed by atoms with van der Waals surface area (Å²) in [6.45, 7) is 4.82. The van der Waals surface area contributed by atoms with E-state index in [1.807, 2.05) is 19.9 Å². The van der Waals surface area contributed by atoms with Gasteiger partial charge in [0.15, 0.2) is 5.58 Å². The molecule has 0 radical (unpaired) electrons. The molecule has 1 heterocycles. The SMILES string of the molecule is CC(C)C(NC(=O)COCC1CC1)c1ccc2[nH]c(=O)oc2c1. The van der Waals surface area contributed by atoms with E-state index < -0.39 is 5.76 Å². The number of fused-ring (bicyclic) bond motifs is 1. The molecule has 0 aliphatic heterocycles. The van der Waals surface area contributed by atoms with Crippen LogP contribution < -0.4 is 11.1 Å². The van der Waals surface area contributed by atoms with Crippen molar-refractivity contribution in [3.8, 4) is 0 Å². The number of carbonyl (C=O) groups excluding carboxylic acids is 1. The molecule has 6 heteroatoms. The maximum atomic E-state index is 12.1. The van der Waals surface area contributed by atoms with Crippen LogP contribution in [0.3, 0.4) is 0 Å². The van der Waals surface area contributed by atoms with Gasteiger partial charge in [0.2, 0.25) is 5.91 Å². The minimum absolute atomic E-state index is 0.0845. The fourth-order valence-corrected chi connectivity index (χ4v) is 2.61. The highest BCUT2D eigenvalue weighted by molar-refractivity contribution is 5.78. The first kappa shape index (κ1) is 15.8. The number of hydrogen-bond donors (Lipinski definition) is 2. The number of aromatic nitrogens is 1. The minimum Gasteiger partial charge on any atom is -0.408 e. The number of amides is 1. The quantitative estimate of drug-likeness (QED) is 0.821. The van der Waals surface area contributed by atoms with Gasteiger partial charge in [-0.15, -0.1) is 0 Å². The number of carbonyl (C=O) groups is 1. The Kier molecular flexibility index (Phi) is 4.52. The summed E-state index contributed by atoms with van der Waals surface area (Å²) in [5, 5.41) is 3.00. The number of aromatic amines is 1. The highest BCUT2D eigenvalue weighted by Crippen LogP contribution is 2.28. The number of hydrogen-bond acceptors (Lipinski definition) is 4. The summed E-state index contributed by atoms with van der Waals surface area (Å²) >= 11 is 0. The third-order valence-corrected chi connectivity index (χ3v) is 4.07. The first-order valence-corrected chi connectivity index (χ1v) is 8.03. The largest absolute Gasteiger partial charge is 0.417 e. The predicted octanol–water partition coefficient (Wildman–Crippen LogP) is 2.36. The topological polar surface area (TPSA) is 84.3 Å². The summed E-state index contributed by atoms with van der Waals surface area (Å²) in [5.74, 6) is 0.240. The molecule has 1 fully saturated rings. The van der Waals surface area contributed by atoms with Crippen molar-refractivity contribution in [1.82, 2.24) is 10.3 Å². The molecule has 1 atom stereocenters. The number of rotatable bonds is 7. The van der Waals surface area contributed by atoms with Gasteiger partial charge in [-0.3, -0.25) is 9.78 Å². The van der Waals surface area contributed by atoms with E-state index >= 15 is 0 Å². The molecule has 1 aliphatic rings. The van der Waals surface area contributed by atoms with Crippen LogP contribution in [0.15, 0.2) is 27.4 Å². The van der Waals surface area contributed by atoms with Gasteiger partial charge in [-0.2, -0.15) is 0 Å². The molecule has 1 amide bonds. The molecule has 0 spiro atoms. The lowest BCUT2D eigenvalue weighted by Crippen LogP contribution is -2.34. The number of nitrogens with one attached hydrogen (secondary N) is 2. The van der Waals surface area contributed by atoms with E-state index in [0.717, 1.165) is 5.56 Å². The van der Waals surface area contributed by atoms with Crippen LogP contribution in [0, 0.1) is 11.8 Å². The highest BCUT2D eigenvalue weighted by atomic mass is 16.5. The van der Waals surface area contributed by atoms with Crippen molar-refractivity contribution in [1.29, 1.82) is 0 Å². The Morgan fingerprint density at radius 1 is 1.43 bits per heavy atom. The molecule has 1 saturated carbocycles. The second kappa shape index (κ2) is 6.58. The Labute approximate surface area is 134 Å². The van der Waals surface area contributed by atoms with Crippen LogP contribution in [-0.2, 0) is 9.53 Å². The van der Waals surface area contributed by atoms with Crippen molar-refractivity contribution >= 4 is 17.0 Å². The monoisotopic (exact) mass is 318 g/mol. The highest BCUT2D eigenvalue weighted by Gasteiger charge is 2.23. The third kappa shape index (κ3) is 4.01. The van der Waals surface area contributed by atoms with Gasteiger partial charge in [0.1, 0.15) is 6.61 Å². The zero-order valence-corrected chi connectivity index (χ0v) is 13.4. The van der Waals surface area contributed by atoms with Gasteiger partial charge < -0.3 is 14.5 Å². The summed E-state index contributed by atoms with van der Waals surface area (Å²) in [6.07, 6.45) is 2.41. The second-order valence-corrected chi connectivity index (χ2v) is 6.52. The molecule has 3 rings (SSSR count). The fourth-order valence-electron chi connectivity index (χ4n) is 2.61. The Balaban J connectivity index is 1.68. The molecule has 6 nitrogen and oxygen atoms in total. The second-order valence-electron chi connectivity index (χ2n) is 6.52. The number of ether oxygens (including phenoxy) is 1. The minimum atomic E-state index is -0.476. The van der Waals surface area contributed by atoms with Gasteiger partial charge in [0, 0.05) is 0 Å². The first-order valence-electron chi connectivity index (χ1n) is 8.03. The maximum Gasteiger partial charge on any atom is 0.417 e. The van der Waals surface area contributed by atoms with Crippen molar-refractivity contribution in [2.24, 2.45) is 11.8 Å². The molecule has 124 valence electrons. The molecule has 1 aliphatic carbocycles. The van der Waals surface area contributed by atoms with E-state index in [-0.39, 0.29) is 24.5 Å². The Morgan fingerprint density at radius 2 is 2.22 bits per heavy atom. The molecule has 0 saturated heterocycles. The zero-order chi connectivity index (χ0) is 16.4. The Hall–Kier alpha value is -2.08. The van der Waals surface area contributed by atoms with Crippen LogP contribution in [0.4, 0.5) is 0 Å². The summed E-state index contributed by atoms with van der Waals surface area (Å²) in [5.41, 5.74) is 2.06. The van der Waals surface area contributed by atoms with E-state index in [1.165, 1.54) is 12.8 Å². The summed E-state index contributed by atoms with van der Waals surface area (Å²) in [7, 11) is 0. The molecule has 1 unspecified atom stereocenters. The average molecular weight is 318 g/mol. The zero-order valence-electron chi connectivity index (χ0n) is 13.4. The van der Waals surface area contributed by atoms with Crippen LogP contribution in [0.25, 0.3) is 11.1 Å². The first-order chi connectivity index (χ1) is 11.0. The van der Waals surface area contributed by atoms with Gasteiger partial charge in [0.25, 0.3) is 0 Å². The van der Waals surface area contributed by atoms with Crippen LogP contribution in [0.5, 0.6) is 0 Å². The van der Waals surface area contributed by atoms with Crippen molar-refractivity contribution in [2.75, 3.05) is 13.2 Å². The Morgan fingerprint density at radius 3 is 2.91 bits per heavy atom. The van der Waals surface area contributed by atoms with Crippen LogP contribution in [-0.4, -0.2) is 24.1 Å². The fraction of sp³-hybridized carbons (Fsp3) is 0.529. The molecule has 2 aromatic rings. The van der Waals surface area contributed by atoms with Crippen molar-refractivity contribution < 1.29 is 13.9 Å². The van der Waals surface area contributed by atoms with Gasteiger partial charge in [-0.25, -0.2) is 4.79 Å². The number of oxazole rings is 1. The van der Waals surface area contributed by atoms with Crippen molar-refractivity contribution in [3.05, 3.63) is 34.3 Å². The molecule has 0 bridgehead atoms. The van der Waals surface area contributed by atoms with E-state index in [2.05, 4.69) is 10.3 Å². The molecule has 2 N–H and O–H groups in total. The van der Waals surface area contributed by atoms with E-state index in [0.29, 0.717) is 23.6 Å². The lowest BCUT2D eigenvalue weighted by molar-refractivity contribution is -0.126. The van der Waals surface area contributed by atoms with Gasteiger partial charge in [0.05, 0.1) is 18.2 Å². The number of H-pyrrole nitrogens is 1. The standard InChI is InChI=1S/C17H22N2O4/c1-10(2)16(19-15(20)9-22-8-11-3-4-11)12-5-6-13-14(7-12)23-17(21)18-13/h5-7,10-11,16H,3-4,8-9H2,1-2H3,(H,18,21)(H,19,20). The normalized spacial score (nSPS) is 16.0. The van der Waals surface area contributed by atoms with Crippen LogP contribution >= 0.6 is 0 Å². The average Bonchev–Trinajstić information content (AvgIpc) is 3.23. The molecular formula is C17H22N2O4. The van der Waals surface area contributed by atoms with Crippen LogP contribution in [0.2, 0.25) is 0 Å². The summed E-state index contributed by atoms with van der Waals surface area (Å²) in [6, 6.07) is 5.32. The lowest BCUT2D eigenvalue weighted by Gasteiger charge is -2.23. The van der Waals surface area contributed by atoms with E-state index in [9.17, 15) is 9.59 Å². The molecular weight excluding hydrogens is 296 g/mol. The Bertz CT molecular complexity index is 742. The van der Waals surface area contributed by atoms with Crippen molar-refractivity contribution in [3.63, 3.8) is 0 Å². The molecule has 23 heavy (non-hydrogen) atoms. The van der Waals surface area contributed by atoms with Gasteiger partial charge in [-0.1, -0.05) is 19.9 Å². The maximum absolute atomic E-state index is 12.1. The van der Waals surface area contributed by atoms with E-state index in [1.54, 1.807) is 12.1 Å². The summed E-state index contributed by atoms with van der Waals surface area (Å²) < 4.78 is 10.5. The van der Waals surface area contributed by atoms with Crippen molar-refractivity contribution in [2.45, 2.75) is 32.7 Å². The van der Waals surface area contributed by atoms with Gasteiger partial charge in [-0.05, 0) is 42.4 Å². The molecule has 1 aromatic carbocycles. The smallest absolute Gasteiger partial charge is 0.408 e. The summed E-state index contributed by atoms with van der Waals surface area (Å²) in [4.78, 5) is 25.9. The predicted molar refractivity (Wildman–Crippen MR) is 86.1 cm³/mol. The number of benzene rings is 1. The molecule has 1 aromatic heterocycles. The van der Waals surface area contributed by atoms with E-state index in [4.69, 9.17) is 9.15 Å². The van der Waals surface area contributed by atoms with Crippen LogP contribution in [0.1, 0.15) is 38.3 Å². The van der Waals surface area contributed by atoms with Gasteiger partial charge >= 0.3 is 5.76 Å².